The molecule has 8 aromatic rings. The fraction of sp³-hybridized carbons (Fsp3) is 0.292. The van der Waals surface area contributed by atoms with Gasteiger partial charge in [-0.2, -0.15) is 31.8 Å². The Balaban J connectivity index is 0.000000152. The summed E-state index contributed by atoms with van der Waals surface area (Å²) in [6.45, 7) is 9.14. The third-order valence-electron chi connectivity index (χ3n) is 12.3. The van der Waals surface area contributed by atoms with Crippen LogP contribution in [0.15, 0.2) is 131 Å². The van der Waals surface area contributed by atoms with Gasteiger partial charge in [0.25, 0.3) is 0 Å². The summed E-state index contributed by atoms with van der Waals surface area (Å²) in [6.07, 6.45) is 17.1. The second-order valence-electron chi connectivity index (χ2n) is 17.4. The van der Waals surface area contributed by atoms with E-state index < -0.39 is 32.5 Å². The summed E-state index contributed by atoms with van der Waals surface area (Å²) >= 11 is 6.62. The van der Waals surface area contributed by atoms with Gasteiger partial charge in [0, 0.05) is 109 Å². The van der Waals surface area contributed by atoms with Crippen LogP contribution >= 0.6 is 31.9 Å². The molecule has 0 unspecified atom stereocenters. The highest BCUT2D eigenvalue weighted by Crippen LogP contribution is 2.32. The molecule has 2 aromatic carbocycles. The van der Waals surface area contributed by atoms with Crippen LogP contribution in [-0.4, -0.2) is 92.4 Å². The Morgan fingerprint density at radius 3 is 1.46 bits per heavy atom. The van der Waals surface area contributed by atoms with E-state index in [0.29, 0.717) is 10.4 Å². The topological polar surface area (TPSA) is 191 Å². The average molecular weight is 1140 g/mol. The Bertz CT molecular complexity index is 3220. The predicted molar refractivity (Wildman–Crippen MR) is 270 cm³/mol. The Morgan fingerprint density at radius 2 is 0.986 bits per heavy atom. The molecule has 16 nitrogen and oxygen atoms in total. The summed E-state index contributed by atoms with van der Waals surface area (Å²) in [5.41, 5.74) is 11.5. The van der Waals surface area contributed by atoms with E-state index in [-0.39, 0.29) is 17.2 Å². The number of halogens is 7. The van der Waals surface area contributed by atoms with Gasteiger partial charge in [-0.25, -0.2) is 37.7 Å². The van der Waals surface area contributed by atoms with E-state index in [1.807, 2.05) is 30.8 Å². The van der Waals surface area contributed by atoms with E-state index in [1.165, 1.54) is 66.0 Å². The van der Waals surface area contributed by atoms with Gasteiger partial charge in [-0.15, -0.1) is 0 Å². The number of piperidine rings is 1. The van der Waals surface area contributed by atoms with E-state index >= 15 is 0 Å². The maximum Gasteiger partial charge on any atom is 0.534 e. The Hall–Kier alpha value is -6.34. The zero-order valence-electron chi connectivity index (χ0n) is 38.8. The number of benzene rings is 2. The number of hydrogen-bond acceptors (Lipinski definition) is 14. The van der Waals surface area contributed by atoms with Crippen LogP contribution in [0.5, 0.6) is 5.75 Å². The quantitative estimate of drug-likeness (QED) is 0.0792. The van der Waals surface area contributed by atoms with Crippen molar-refractivity contribution in [2.24, 2.45) is 11.5 Å². The molecule has 2 atom stereocenters. The minimum absolute atomic E-state index is 0.0946. The SMILES string of the molecule is C[C@](N)(c1ccc(F)cc1)c1cnc(N2CCCCC2)nc1.C[C@](N)(c1ccc(F)cc1)c1cnc(N2CCN(c3ccnn4cc(Br)cc34)CC2)nc1.O=S(=O)(Oc1ccnn2cc(Br)cc12)C(F)(F)F. The highest BCUT2D eigenvalue weighted by Gasteiger charge is 2.49. The summed E-state index contributed by atoms with van der Waals surface area (Å²) in [7, 11) is -5.69. The van der Waals surface area contributed by atoms with Crippen molar-refractivity contribution >= 4 is 70.6 Å². The van der Waals surface area contributed by atoms with Crippen molar-refractivity contribution in [1.82, 2.24) is 39.2 Å². The van der Waals surface area contributed by atoms with Crippen LogP contribution in [0.1, 0.15) is 55.4 Å². The standard InChI is InChI=1S/C23H23BrFN7.C17H21FN4.C8H4BrF3N2O3S/c1-23(26,16-2-4-19(25)5-3-16)17-13-27-22(28-14-17)31-10-8-30(9-11-31)20-6-7-29-32-15-18(24)12-21(20)32;1-17(19,13-5-7-15(18)8-6-13)14-11-20-16(21-12-14)22-9-3-2-4-10-22;9-5-3-6-7(1-2-13-14(6)4-5)17-18(15,16)8(10,11)12/h2-7,12-15H,8-11,26H2,1H3;5-8,11-12H,2-4,9-10,19H2,1H3;1-4H/t23-;17-;/m00./s1. The van der Waals surface area contributed by atoms with Gasteiger partial charge in [0.05, 0.1) is 28.5 Å². The monoisotopic (exact) mass is 1140 g/mol. The van der Waals surface area contributed by atoms with Crippen molar-refractivity contribution in [3.8, 4) is 5.75 Å². The minimum Gasteiger partial charge on any atom is -0.374 e. The molecule has 0 amide bonds. The summed E-state index contributed by atoms with van der Waals surface area (Å²) in [5, 5.41) is 8.16. The number of fused-ring (bicyclic) bond motifs is 2. The molecule has 2 aliphatic heterocycles. The minimum atomic E-state index is -5.69. The molecule has 2 fully saturated rings. The van der Waals surface area contributed by atoms with Crippen molar-refractivity contribution in [3.63, 3.8) is 0 Å². The number of nitrogens with two attached hydrogens (primary N) is 2. The van der Waals surface area contributed by atoms with Crippen LogP contribution < -0.4 is 30.4 Å². The first-order chi connectivity index (χ1) is 34.2. The molecule has 0 aliphatic carbocycles. The van der Waals surface area contributed by atoms with Gasteiger partial charge in [0.2, 0.25) is 11.9 Å². The lowest BCUT2D eigenvalue weighted by atomic mass is 9.87. The maximum absolute atomic E-state index is 13.3. The van der Waals surface area contributed by atoms with Gasteiger partial charge < -0.3 is 30.4 Å². The number of nitrogens with zero attached hydrogens (tertiary/aromatic N) is 11. The molecule has 24 heteroatoms. The largest absolute Gasteiger partial charge is 0.534 e. The van der Waals surface area contributed by atoms with Gasteiger partial charge in [-0.3, -0.25) is 0 Å². The first kappa shape index (κ1) is 52.0. The normalized spacial score (nSPS) is 16.0. The van der Waals surface area contributed by atoms with Crippen LogP contribution in [0.3, 0.4) is 0 Å². The smallest absolute Gasteiger partial charge is 0.374 e. The summed E-state index contributed by atoms with van der Waals surface area (Å²) in [4.78, 5) is 24.9. The summed E-state index contributed by atoms with van der Waals surface area (Å²) in [5.74, 6) is 0.448. The fourth-order valence-corrected chi connectivity index (χ4v) is 9.40. The Labute approximate surface area is 428 Å². The summed E-state index contributed by atoms with van der Waals surface area (Å²) in [6, 6.07) is 19.0. The molecule has 0 bridgehead atoms. The molecule has 72 heavy (non-hydrogen) atoms. The zero-order valence-corrected chi connectivity index (χ0v) is 42.8. The van der Waals surface area contributed by atoms with Crippen molar-refractivity contribution < 1.29 is 34.6 Å². The van der Waals surface area contributed by atoms with E-state index in [4.69, 9.17) is 11.5 Å². The van der Waals surface area contributed by atoms with Gasteiger partial charge in [0.1, 0.15) is 17.2 Å². The van der Waals surface area contributed by atoms with Gasteiger partial charge in [-0.05, 0) is 119 Å². The second-order valence-corrected chi connectivity index (χ2v) is 20.7. The third kappa shape index (κ3) is 11.8. The van der Waals surface area contributed by atoms with E-state index in [0.717, 1.165) is 89.7 Å². The molecule has 378 valence electrons. The van der Waals surface area contributed by atoms with Gasteiger partial charge in [-0.1, -0.05) is 24.3 Å². The lowest BCUT2D eigenvalue weighted by Gasteiger charge is -2.36. The van der Waals surface area contributed by atoms with Crippen molar-refractivity contribution in [3.05, 3.63) is 165 Å². The molecule has 10 rings (SSSR count). The zero-order chi connectivity index (χ0) is 51.4. The molecule has 0 spiro atoms. The Kier molecular flexibility index (Phi) is 15.5. The molecule has 4 N–H and O–H groups in total. The fourth-order valence-electron chi connectivity index (χ4n) is 8.10. The van der Waals surface area contributed by atoms with Crippen LogP contribution in [0.4, 0.5) is 39.5 Å². The number of aromatic nitrogens is 8. The molecule has 2 saturated heterocycles. The van der Waals surface area contributed by atoms with Crippen LogP contribution in [0, 0.1) is 11.6 Å². The molecule has 0 radical (unpaired) electrons. The third-order valence-corrected chi connectivity index (χ3v) is 14.1. The first-order valence-electron chi connectivity index (χ1n) is 22.5. The highest BCUT2D eigenvalue weighted by atomic mass is 79.9. The molecule has 8 heterocycles. The molecule has 0 saturated carbocycles. The number of anilines is 3. The molecular weight excluding hydrogens is 1090 g/mol. The van der Waals surface area contributed by atoms with Gasteiger partial charge >= 0.3 is 15.6 Å². The van der Waals surface area contributed by atoms with Crippen LogP contribution in [0.2, 0.25) is 0 Å². The maximum atomic E-state index is 13.3. The van der Waals surface area contributed by atoms with Crippen LogP contribution in [0.25, 0.3) is 11.0 Å². The lowest BCUT2D eigenvalue weighted by Crippen LogP contribution is -2.47. The first-order valence-corrected chi connectivity index (χ1v) is 25.5. The average Bonchev–Trinajstić information content (AvgIpc) is 3.96. The second kappa shape index (κ2) is 21.4. The lowest BCUT2D eigenvalue weighted by molar-refractivity contribution is -0.0499. The van der Waals surface area contributed by atoms with Crippen molar-refractivity contribution in [2.75, 3.05) is 54.0 Å². The number of hydrogen-bond donors (Lipinski definition) is 2. The van der Waals surface area contributed by atoms with E-state index in [2.05, 4.69) is 93.0 Å². The molecule has 2 aliphatic rings. The molecular formula is C48H48Br2F5N13O3S. The summed E-state index contributed by atoms with van der Waals surface area (Å²) < 4.78 is 93.3. The van der Waals surface area contributed by atoms with E-state index in [1.54, 1.807) is 49.1 Å². The number of rotatable bonds is 9. The Morgan fingerprint density at radius 1 is 0.569 bits per heavy atom. The molecule has 6 aromatic heterocycles. The number of alkyl halides is 3. The number of piperazine rings is 1. The van der Waals surface area contributed by atoms with E-state index in [9.17, 15) is 30.4 Å². The predicted octanol–water partition coefficient (Wildman–Crippen LogP) is 8.73. The van der Waals surface area contributed by atoms with Crippen molar-refractivity contribution in [1.29, 1.82) is 0 Å². The van der Waals surface area contributed by atoms with Crippen LogP contribution in [-0.2, 0) is 21.2 Å². The van der Waals surface area contributed by atoms with Crippen molar-refractivity contribution in [2.45, 2.75) is 49.7 Å². The van der Waals surface area contributed by atoms with Gasteiger partial charge in [0.15, 0.2) is 5.75 Å². The highest BCUT2D eigenvalue weighted by molar-refractivity contribution is 9.10.